The van der Waals surface area contributed by atoms with Crippen LogP contribution in [-0.2, 0) is 6.42 Å². The molecule has 2 rings (SSSR count). The molecule has 3 heteroatoms. The lowest BCUT2D eigenvalue weighted by Crippen LogP contribution is -2.24. The highest BCUT2D eigenvalue weighted by molar-refractivity contribution is 5.52. The van der Waals surface area contributed by atoms with Crippen LogP contribution in [0.15, 0.2) is 18.2 Å². The number of fused-ring (bicyclic) bond motifs is 1. The van der Waals surface area contributed by atoms with Crippen molar-refractivity contribution in [1.29, 1.82) is 0 Å². The first-order valence-electron chi connectivity index (χ1n) is 6.47. The van der Waals surface area contributed by atoms with Crippen LogP contribution < -0.4 is 15.4 Å². The molecule has 0 saturated heterocycles. The van der Waals surface area contributed by atoms with Crippen LogP contribution in [0.4, 0.5) is 5.69 Å². The molecule has 0 spiro atoms. The van der Waals surface area contributed by atoms with Crippen LogP contribution >= 0.6 is 0 Å². The van der Waals surface area contributed by atoms with Gasteiger partial charge in [0.05, 0.1) is 6.61 Å². The highest BCUT2D eigenvalue weighted by atomic mass is 16.5. The molecule has 17 heavy (non-hydrogen) atoms. The molecule has 3 nitrogen and oxygen atoms in total. The predicted molar refractivity (Wildman–Crippen MR) is 71.8 cm³/mol. The van der Waals surface area contributed by atoms with Gasteiger partial charge in [-0.2, -0.15) is 0 Å². The van der Waals surface area contributed by atoms with Crippen LogP contribution in [0.1, 0.15) is 18.9 Å². The fraction of sp³-hybridized carbons (Fsp3) is 0.571. The minimum atomic E-state index is 0.685. The van der Waals surface area contributed by atoms with E-state index in [0.29, 0.717) is 5.92 Å². The Morgan fingerprint density at radius 1 is 1.35 bits per heavy atom. The van der Waals surface area contributed by atoms with Crippen LogP contribution in [0.3, 0.4) is 0 Å². The van der Waals surface area contributed by atoms with Gasteiger partial charge in [0.25, 0.3) is 0 Å². The predicted octanol–water partition coefficient (Wildman–Crippen LogP) is 2.28. The standard InChI is InChI=1S/C14H22N2O/c1-3-11(9-15-2)10-16-13-4-5-14-12(8-13)6-7-17-14/h4-5,8,11,15-16H,3,6-7,9-10H2,1-2H3. The monoisotopic (exact) mass is 234 g/mol. The van der Waals surface area contributed by atoms with Crippen molar-refractivity contribution in [1.82, 2.24) is 5.32 Å². The molecule has 1 aromatic rings. The molecule has 0 saturated carbocycles. The molecule has 0 aromatic heterocycles. The van der Waals surface area contributed by atoms with Crippen molar-refractivity contribution in [2.45, 2.75) is 19.8 Å². The quantitative estimate of drug-likeness (QED) is 0.792. The lowest BCUT2D eigenvalue weighted by atomic mass is 10.1. The molecule has 1 aromatic carbocycles. The number of hydrogen-bond acceptors (Lipinski definition) is 3. The van der Waals surface area contributed by atoms with Gasteiger partial charge in [-0.05, 0) is 43.3 Å². The summed E-state index contributed by atoms with van der Waals surface area (Å²) in [6.07, 6.45) is 2.24. The molecule has 1 atom stereocenters. The molecule has 1 unspecified atom stereocenters. The largest absolute Gasteiger partial charge is 0.493 e. The summed E-state index contributed by atoms with van der Waals surface area (Å²) in [5.41, 5.74) is 2.54. The smallest absolute Gasteiger partial charge is 0.122 e. The van der Waals surface area contributed by atoms with Gasteiger partial charge in [0.1, 0.15) is 5.75 Å². The van der Waals surface area contributed by atoms with Crippen molar-refractivity contribution in [2.24, 2.45) is 5.92 Å². The lowest BCUT2D eigenvalue weighted by Gasteiger charge is -2.16. The number of benzene rings is 1. The summed E-state index contributed by atoms with van der Waals surface area (Å²) in [6.45, 7) is 5.16. The SMILES string of the molecule is CCC(CNC)CNc1ccc2c(c1)CCO2. The zero-order valence-corrected chi connectivity index (χ0v) is 10.8. The van der Waals surface area contributed by atoms with Gasteiger partial charge in [0, 0.05) is 18.7 Å². The van der Waals surface area contributed by atoms with Crippen LogP contribution in [0.5, 0.6) is 5.75 Å². The Bertz CT molecular complexity index is 365. The Kier molecular flexibility index (Phi) is 4.26. The van der Waals surface area contributed by atoms with Crippen molar-refractivity contribution in [3.8, 4) is 5.75 Å². The van der Waals surface area contributed by atoms with Crippen LogP contribution in [0.2, 0.25) is 0 Å². The molecule has 1 aliphatic heterocycles. The summed E-state index contributed by atoms with van der Waals surface area (Å²) in [7, 11) is 2.01. The topological polar surface area (TPSA) is 33.3 Å². The van der Waals surface area contributed by atoms with Gasteiger partial charge in [-0.3, -0.25) is 0 Å². The second-order valence-electron chi connectivity index (χ2n) is 4.63. The average Bonchev–Trinajstić information content (AvgIpc) is 2.81. The van der Waals surface area contributed by atoms with E-state index in [-0.39, 0.29) is 0 Å². The zero-order chi connectivity index (χ0) is 12.1. The molecular weight excluding hydrogens is 212 g/mol. The van der Waals surface area contributed by atoms with Crippen molar-refractivity contribution >= 4 is 5.69 Å². The Morgan fingerprint density at radius 2 is 2.24 bits per heavy atom. The normalized spacial score (nSPS) is 15.2. The molecular formula is C14H22N2O. The van der Waals surface area contributed by atoms with Gasteiger partial charge in [-0.15, -0.1) is 0 Å². The van der Waals surface area contributed by atoms with Crippen LogP contribution in [0.25, 0.3) is 0 Å². The van der Waals surface area contributed by atoms with Gasteiger partial charge in [0.2, 0.25) is 0 Å². The molecule has 1 aliphatic rings. The highest BCUT2D eigenvalue weighted by Crippen LogP contribution is 2.27. The second kappa shape index (κ2) is 5.92. The Balaban J connectivity index is 1.90. The lowest BCUT2D eigenvalue weighted by molar-refractivity contribution is 0.357. The van der Waals surface area contributed by atoms with E-state index >= 15 is 0 Å². The van der Waals surface area contributed by atoms with E-state index in [2.05, 4.69) is 35.8 Å². The summed E-state index contributed by atoms with van der Waals surface area (Å²) in [6, 6.07) is 6.40. The fourth-order valence-electron chi connectivity index (χ4n) is 2.21. The number of anilines is 1. The van der Waals surface area contributed by atoms with Crippen LogP contribution in [0, 0.1) is 5.92 Å². The maximum atomic E-state index is 5.50. The van der Waals surface area contributed by atoms with Crippen LogP contribution in [-0.4, -0.2) is 26.7 Å². The first kappa shape index (κ1) is 12.2. The molecule has 0 radical (unpaired) electrons. The third kappa shape index (κ3) is 3.13. The minimum Gasteiger partial charge on any atom is -0.493 e. The second-order valence-corrected chi connectivity index (χ2v) is 4.63. The van der Waals surface area contributed by atoms with Crippen molar-refractivity contribution in [2.75, 3.05) is 32.1 Å². The first-order valence-corrected chi connectivity index (χ1v) is 6.47. The summed E-state index contributed by atoms with van der Waals surface area (Å²) in [4.78, 5) is 0. The van der Waals surface area contributed by atoms with Gasteiger partial charge < -0.3 is 15.4 Å². The van der Waals surface area contributed by atoms with E-state index in [0.717, 1.165) is 31.9 Å². The molecule has 0 amide bonds. The maximum absolute atomic E-state index is 5.50. The average molecular weight is 234 g/mol. The number of nitrogens with one attached hydrogen (secondary N) is 2. The third-order valence-electron chi connectivity index (χ3n) is 3.35. The van der Waals surface area contributed by atoms with E-state index in [9.17, 15) is 0 Å². The molecule has 1 heterocycles. The Hall–Kier alpha value is -1.22. The van der Waals surface area contributed by atoms with Gasteiger partial charge in [-0.25, -0.2) is 0 Å². The summed E-state index contributed by atoms with van der Waals surface area (Å²) in [5.74, 6) is 1.74. The minimum absolute atomic E-state index is 0.685. The Labute approximate surface area is 104 Å². The first-order chi connectivity index (χ1) is 8.33. The van der Waals surface area contributed by atoms with Crippen molar-refractivity contribution < 1.29 is 4.74 Å². The molecule has 94 valence electrons. The van der Waals surface area contributed by atoms with E-state index < -0.39 is 0 Å². The number of rotatable bonds is 6. The molecule has 0 aliphatic carbocycles. The van der Waals surface area contributed by atoms with Crippen molar-refractivity contribution in [3.63, 3.8) is 0 Å². The molecule has 0 bridgehead atoms. The van der Waals surface area contributed by atoms with Gasteiger partial charge in [-0.1, -0.05) is 13.3 Å². The summed E-state index contributed by atoms with van der Waals surface area (Å²) < 4.78 is 5.50. The van der Waals surface area contributed by atoms with E-state index in [1.807, 2.05) is 7.05 Å². The van der Waals surface area contributed by atoms with E-state index in [1.165, 1.54) is 17.7 Å². The molecule has 0 fully saturated rings. The van der Waals surface area contributed by atoms with E-state index in [4.69, 9.17) is 4.74 Å². The zero-order valence-electron chi connectivity index (χ0n) is 10.8. The molecule has 2 N–H and O–H groups in total. The number of ether oxygens (including phenoxy) is 1. The fourth-order valence-corrected chi connectivity index (χ4v) is 2.21. The summed E-state index contributed by atoms with van der Waals surface area (Å²) in [5, 5.41) is 6.75. The Morgan fingerprint density at radius 3 is 3.00 bits per heavy atom. The maximum Gasteiger partial charge on any atom is 0.122 e. The number of hydrogen-bond donors (Lipinski definition) is 2. The van der Waals surface area contributed by atoms with E-state index in [1.54, 1.807) is 0 Å². The third-order valence-corrected chi connectivity index (χ3v) is 3.35. The highest BCUT2D eigenvalue weighted by Gasteiger charge is 2.12. The van der Waals surface area contributed by atoms with Gasteiger partial charge >= 0.3 is 0 Å². The summed E-state index contributed by atoms with van der Waals surface area (Å²) >= 11 is 0. The van der Waals surface area contributed by atoms with Gasteiger partial charge in [0.15, 0.2) is 0 Å². The van der Waals surface area contributed by atoms with Crippen molar-refractivity contribution in [3.05, 3.63) is 23.8 Å².